The van der Waals surface area contributed by atoms with Gasteiger partial charge in [-0.05, 0) is 32.4 Å². The smallest absolute Gasteiger partial charge is 0.243 e. The van der Waals surface area contributed by atoms with Crippen LogP contribution in [0.5, 0.6) is 0 Å². The highest BCUT2D eigenvalue weighted by molar-refractivity contribution is 7.89. The molecule has 8 heteroatoms. The van der Waals surface area contributed by atoms with E-state index in [1.54, 1.807) is 18.0 Å². The van der Waals surface area contributed by atoms with E-state index in [1.807, 2.05) is 0 Å². The van der Waals surface area contributed by atoms with Crippen molar-refractivity contribution in [2.75, 3.05) is 33.4 Å². The number of nitrogens with one attached hydrogen (secondary N) is 2. The molecule has 0 bridgehead atoms. The predicted molar refractivity (Wildman–Crippen MR) is 81.7 cm³/mol. The van der Waals surface area contributed by atoms with Gasteiger partial charge in [-0.15, -0.1) is 0 Å². The van der Waals surface area contributed by atoms with Gasteiger partial charge in [0.1, 0.15) is 4.90 Å². The molecule has 0 aliphatic carbocycles. The zero-order valence-electron chi connectivity index (χ0n) is 12.8. The molecular formula is C13H26N4O3S. The van der Waals surface area contributed by atoms with Gasteiger partial charge in [-0.25, -0.2) is 13.1 Å². The summed E-state index contributed by atoms with van der Waals surface area (Å²) in [5, 5.41) is 7.31. The first-order valence-corrected chi connectivity index (χ1v) is 8.80. The molecule has 1 aromatic heterocycles. The maximum absolute atomic E-state index is 12.0. The van der Waals surface area contributed by atoms with Gasteiger partial charge in [0.2, 0.25) is 10.0 Å². The summed E-state index contributed by atoms with van der Waals surface area (Å²) in [6, 6.07) is 0. The molecule has 1 aromatic rings. The Bertz CT molecular complexity index is 487. The number of aryl methyl sites for hydroxylation is 1. The molecule has 0 amide bonds. The molecule has 7 nitrogen and oxygen atoms in total. The summed E-state index contributed by atoms with van der Waals surface area (Å²) < 4.78 is 33.3. The third kappa shape index (κ3) is 7.03. The van der Waals surface area contributed by atoms with E-state index in [9.17, 15) is 8.42 Å². The van der Waals surface area contributed by atoms with Crippen molar-refractivity contribution in [1.29, 1.82) is 0 Å². The number of methoxy groups -OCH3 is 1. The summed E-state index contributed by atoms with van der Waals surface area (Å²) in [5.74, 6) is 0. The minimum atomic E-state index is -3.45. The lowest BCUT2D eigenvalue weighted by molar-refractivity contribution is 0.193. The van der Waals surface area contributed by atoms with E-state index >= 15 is 0 Å². The van der Waals surface area contributed by atoms with Crippen molar-refractivity contribution in [2.45, 2.75) is 37.6 Å². The summed E-state index contributed by atoms with van der Waals surface area (Å²) in [6.07, 6.45) is 5.47. The van der Waals surface area contributed by atoms with E-state index < -0.39 is 10.0 Å². The van der Waals surface area contributed by atoms with Gasteiger partial charge in [0.15, 0.2) is 0 Å². The normalized spacial score (nSPS) is 11.9. The number of nitrogens with zero attached hydrogens (tertiary/aromatic N) is 2. The fourth-order valence-corrected chi connectivity index (χ4v) is 2.84. The average molecular weight is 318 g/mol. The molecule has 0 aromatic carbocycles. The predicted octanol–water partition coefficient (Wildman–Crippen LogP) is 0.588. The van der Waals surface area contributed by atoms with Crippen LogP contribution in [0.3, 0.4) is 0 Å². The van der Waals surface area contributed by atoms with Gasteiger partial charge in [0.25, 0.3) is 0 Å². The SMILES string of the molecule is CCNCCCn1cc(S(=O)(=O)NCCCCOC)cn1. The Labute approximate surface area is 127 Å². The lowest BCUT2D eigenvalue weighted by Gasteiger charge is -2.04. The van der Waals surface area contributed by atoms with Crippen LogP contribution in [0, 0.1) is 0 Å². The molecule has 21 heavy (non-hydrogen) atoms. The molecule has 0 aliphatic rings. The van der Waals surface area contributed by atoms with E-state index in [2.05, 4.69) is 22.1 Å². The zero-order chi connectivity index (χ0) is 15.6. The van der Waals surface area contributed by atoms with Gasteiger partial charge in [-0.1, -0.05) is 6.92 Å². The van der Waals surface area contributed by atoms with Crippen molar-refractivity contribution < 1.29 is 13.2 Å². The number of ether oxygens (including phenoxy) is 1. The van der Waals surface area contributed by atoms with Gasteiger partial charge in [0, 0.05) is 33.0 Å². The molecule has 0 atom stereocenters. The molecule has 0 saturated heterocycles. The zero-order valence-corrected chi connectivity index (χ0v) is 13.7. The summed E-state index contributed by atoms with van der Waals surface area (Å²) >= 11 is 0. The van der Waals surface area contributed by atoms with E-state index in [0.717, 1.165) is 32.4 Å². The van der Waals surface area contributed by atoms with Crippen molar-refractivity contribution >= 4 is 10.0 Å². The molecular weight excluding hydrogens is 292 g/mol. The highest BCUT2D eigenvalue weighted by Gasteiger charge is 2.15. The van der Waals surface area contributed by atoms with Gasteiger partial charge < -0.3 is 10.1 Å². The molecule has 0 fully saturated rings. The summed E-state index contributed by atoms with van der Waals surface area (Å²) in [4.78, 5) is 0.220. The first kappa shape index (κ1) is 18.1. The Kier molecular flexibility index (Phi) is 8.51. The second kappa shape index (κ2) is 9.88. The van der Waals surface area contributed by atoms with Crippen molar-refractivity contribution in [1.82, 2.24) is 19.8 Å². The molecule has 0 radical (unpaired) electrons. The molecule has 2 N–H and O–H groups in total. The number of rotatable bonds is 12. The van der Waals surface area contributed by atoms with Crippen molar-refractivity contribution in [3.63, 3.8) is 0 Å². The van der Waals surface area contributed by atoms with Gasteiger partial charge in [0.05, 0.1) is 6.20 Å². The number of sulfonamides is 1. The fourth-order valence-electron chi connectivity index (χ4n) is 1.81. The molecule has 0 saturated carbocycles. The quantitative estimate of drug-likeness (QED) is 0.551. The van der Waals surface area contributed by atoms with Crippen molar-refractivity contribution in [3.05, 3.63) is 12.4 Å². The molecule has 0 unspecified atom stereocenters. The number of unbranched alkanes of at least 4 members (excludes halogenated alkanes) is 1. The third-order valence-corrected chi connectivity index (χ3v) is 4.39. The minimum absolute atomic E-state index is 0.220. The Balaban J connectivity index is 2.39. The van der Waals surface area contributed by atoms with Crippen molar-refractivity contribution in [3.8, 4) is 0 Å². The van der Waals surface area contributed by atoms with Gasteiger partial charge >= 0.3 is 0 Å². The number of hydrogen-bond donors (Lipinski definition) is 2. The second-order valence-corrected chi connectivity index (χ2v) is 6.51. The van der Waals surface area contributed by atoms with Crippen LogP contribution >= 0.6 is 0 Å². The first-order valence-electron chi connectivity index (χ1n) is 7.32. The maximum Gasteiger partial charge on any atom is 0.243 e. The van der Waals surface area contributed by atoms with Crippen LogP contribution in [-0.2, 0) is 21.3 Å². The highest BCUT2D eigenvalue weighted by atomic mass is 32.2. The van der Waals surface area contributed by atoms with Crippen LogP contribution in [0.2, 0.25) is 0 Å². The average Bonchev–Trinajstić information content (AvgIpc) is 2.93. The Morgan fingerprint density at radius 1 is 1.29 bits per heavy atom. The minimum Gasteiger partial charge on any atom is -0.385 e. The lowest BCUT2D eigenvalue weighted by atomic mass is 10.3. The summed E-state index contributed by atoms with van der Waals surface area (Å²) in [5.41, 5.74) is 0. The molecule has 0 aliphatic heterocycles. The van der Waals surface area contributed by atoms with Crippen LogP contribution in [0.25, 0.3) is 0 Å². The molecule has 1 heterocycles. The first-order chi connectivity index (χ1) is 10.1. The fraction of sp³-hybridized carbons (Fsp3) is 0.769. The topological polar surface area (TPSA) is 85.2 Å². The molecule has 122 valence electrons. The third-order valence-electron chi connectivity index (χ3n) is 2.98. The van der Waals surface area contributed by atoms with Gasteiger partial charge in [-0.2, -0.15) is 5.10 Å². The molecule has 1 rings (SSSR count). The summed E-state index contributed by atoms with van der Waals surface area (Å²) in [7, 11) is -1.82. The lowest BCUT2D eigenvalue weighted by Crippen LogP contribution is -2.24. The maximum atomic E-state index is 12.0. The van der Waals surface area contributed by atoms with Crippen LogP contribution in [-0.4, -0.2) is 51.5 Å². The largest absolute Gasteiger partial charge is 0.385 e. The van der Waals surface area contributed by atoms with Crippen LogP contribution in [0.1, 0.15) is 26.2 Å². The van der Waals surface area contributed by atoms with E-state index in [1.165, 1.54) is 6.20 Å². The highest BCUT2D eigenvalue weighted by Crippen LogP contribution is 2.07. The van der Waals surface area contributed by atoms with Crippen LogP contribution in [0.15, 0.2) is 17.3 Å². The van der Waals surface area contributed by atoms with E-state index in [4.69, 9.17) is 4.74 Å². The monoisotopic (exact) mass is 318 g/mol. The Morgan fingerprint density at radius 2 is 2.10 bits per heavy atom. The molecule has 0 spiro atoms. The van der Waals surface area contributed by atoms with Crippen molar-refractivity contribution in [2.24, 2.45) is 0 Å². The van der Waals surface area contributed by atoms with E-state index in [-0.39, 0.29) is 4.90 Å². The standard InChI is InChI=1S/C13H26N4O3S/c1-3-14-7-6-9-17-12-13(11-15-17)21(18,19)16-8-4-5-10-20-2/h11-12,14,16H,3-10H2,1-2H3. The van der Waals surface area contributed by atoms with E-state index in [0.29, 0.717) is 19.7 Å². The summed E-state index contributed by atoms with van der Waals surface area (Å²) in [6.45, 7) is 5.65. The second-order valence-electron chi connectivity index (χ2n) is 4.74. The van der Waals surface area contributed by atoms with Crippen LogP contribution in [0.4, 0.5) is 0 Å². The van der Waals surface area contributed by atoms with Crippen LogP contribution < -0.4 is 10.0 Å². The number of aromatic nitrogens is 2. The Hall–Kier alpha value is -0.960. The number of hydrogen-bond acceptors (Lipinski definition) is 5. The van der Waals surface area contributed by atoms with Gasteiger partial charge in [-0.3, -0.25) is 4.68 Å². The Morgan fingerprint density at radius 3 is 2.81 bits per heavy atom.